The molecule has 1 aliphatic carbocycles. The summed E-state index contributed by atoms with van der Waals surface area (Å²) in [5.41, 5.74) is 0.367. The first-order chi connectivity index (χ1) is 12.7. The van der Waals surface area contributed by atoms with Crippen molar-refractivity contribution in [2.24, 2.45) is 5.92 Å². The summed E-state index contributed by atoms with van der Waals surface area (Å²) in [5.74, 6) is 0.190. The van der Waals surface area contributed by atoms with Crippen LogP contribution in [-0.2, 0) is 9.53 Å². The molecule has 0 radical (unpaired) electrons. The second kappa shape index (κ2) is 7.53. The summed E-state index contributed by atoms with van der Waals surface area (Å²) in [4.78, 5) is 27.3. The topological polar surface area (TPSA) is 58.6 Å². The molecule has 1 heterocycles. The van der Waals surface area contributed by atoms with Gasteiger partial charge in [0.2, 0.25) is 5.91 Å². The normalized spacial score (nSPS) is 22.9. The lowest BCUT2D eigenvalue weighted by atomic mass is 9.71. The molecule has 0 spiro atoms. The van der Waals surface area contributed by atoms with Gasteiger partial charge in [-0.1, -0.05) is 30.3 Å². The van der Waals surface area contributed by atoms with Crippen LogP contribution in [0.5, 0.6) is 0 Å². The number of rotatable bonds is 5. The standard InChI is InChI=1S/C22H32N2O3/c1-16(17-9-6-5-7-10-17)24-14-11-18(19(24)25)15-22(12-8-13-22)23-20(26)27-21(2,3)4/h5-7,9-10,16,18H,8,11-15H2,1-4H3,(H,23,26)/t16-,18?/m1/s1. The number of amides is 2. The fraction of sp³-hybridized carbons (Fsp3) is 0.636. The summed E-state index contributed by atoms with van der Waals surface area (Å²) < 4.78 is 5.43. The molecule has 148 valence electrons. The molecule has 5 heteroatoms. The highest BCUT2D eigenvalue weighted by Gasteiger charge is 2.45. The zero-order chi connectivity index (χ0) is 19.7. The van der Waals surface area contributed by atoms with Gasteiger partial charge >= 0.3 is 6.09 Å². The maximum absolute atomic E-state index is 13.0. The molecule has 0 bridgehead atoms. The van der Waals surface area contributed by atoms with Gasteiger partial charge in [-0.25, -0.2) is 4.79 Å². The van der Waals surface area contributed by atoms with Gasteiger partial charge in [0.25, 0.3) is 0 Å². The number of hydrogen-bond acceptors (Lipinski definition) is 3. The molecule has 1 aromatic rings. The fourth-order valence-corrected chi connectivity index (χ4v) is 4.22. The Kier molecular flexibility index (Phi) is 5.50. The van der Waals surface area contributed by atoms with Crippen molar-refractivity contribution < 1.29 is 14.3 Å². The Morgan fingerprint density at radius 3 is 2.52 bits per heavy atom. The van der Waals surface area contributed by atoms with Gasteiger partial charge < -0.3 is 15.0 Å². The molecular weight excluding hydrogens is 340 g/mol. The van der Waals surface area contributed by atoms with Crippen molar-refractivity contribution in [2.75, 3.05) is 6.54 Å². The molecule has 1 saturated heterocycles. The zero-order valence-corrected chi connectivity index (χ0v) is 17.0. The third kappa shape index (κ3) is 4.63. The van der Waals surface area contributed by atoms with Gasteiger partial charge in [0.15, 0.2) is 0 Å². The van der Waals surface area contributed by atoms with Crippen molar-refractivity contribution in [3.05, 3.63) is 35.9 Å². The van der Waals surface area contributed by atoms with E-state index in [0.29, 0.717) is 6.42 Å². The molecule has 1 saturated carbocycles. The van der Waals surface area contributed by atoms with E-state index >= 15 is 0 Å². The van der Waals surface area contributed by atoms with E-state index in [9.17, 15) is 9.59 Å². The van der Waals surface area contributed by atoms with Crippen molar-refractivity contribution in [3.63, 3.8) is 0 Å². The first-order valence-corrected chi connectivity index (χ1v) is 10.1. The molecule has 2 fully saturated rings. The van der Waals surface area contributed by atoms with Crippen LogP contribution in [0.4, 0.5) is 4.79 Å². The van der Waals surface area contributed by atoms with E-state index < -0.39 is 5.60 Å². The number of nitrogens with one attached hydrogen (secondary N) is 1. The third-order valence-electron chi connectivity index (χ3n) is 5.81. The smallest absolute Gasteiger partial charge is 0.408 e. The lowest BCUT2D eigenvalue weighted by molar-refractivity contribution is -0.133. The predicted molar refractivity (Wildman–Crippen MR) is 105 cm³/mol. The second-order valence-corrected chi connectivity index (χ2v) is 9.07. The van der Waals surface area contributed by atoms with Gasteiger partial charge in [0, 0.05) is 18.0 Å². The van der Waals surface area contributed by atoms with Gasteiger partial charge in [-0.15, -0.1) is 0 Å². The van der Waals surface area contributed by atoms with Crippen LogP contribution < -0.4 is 5.32 Å². The molecule has 2 atom stereocenters. The number of nitrogens with zero attached hydrogens (tertiary/aromatic N) is 1. The Morgan fingerprint density at radius 1 is 1.30 bits per heavy atom. The van der Waals surface area contributed by atoms with Crippen LogP contribution in [-0.4, -0.2) is 34.6 Å². The Hall–Kier alpha value is -2.04. The van der Waals surface area contributed by atoms with E-state index in [1.54, 1.807) is 0 Å². The van der Waals surface area contributed by atoms with Crippen LogP contribution in [0.3, 0.4) is 0 Å². The summed E-state index contributed by atoms with van der Waals surface area (Å²) in [5, 5.41) is 3.08. The van der Waals surface area contributed by atoms with Crippen LogP contribution in [0, 0.1) is 5.92 Å². The molecule has 1 unspecified atom stereocenters. The summed E-state index contributed by atoms with van der Waals surface area (Å²) in [6, 6.07) is 10.2. The summed E-state index contributed by atoms with van der Waals surface area (Å²) in [6.07, 6.45) is 4.12. The quantitative estimate of drug-likeness (QED) is 0.831. The Labute approximate surface area is 162 Å². The highest BCUT2D eigenvalue weighted by Crippen LogP contribution is 2.41. The van der Waals surface area contributed by atoms with E-state index in [0.717, 1.165) is 37.8 Å². The monoisotopic (exact) mass is 372 g/mol. The number of benzene rings is 1. The lowest BCUT2D eigenvalue weighted by Crippen LogP contribution is -2.56. The maximum atomic E-state index is 13.0. The van der Waals surface area contributed by atoms with Gasteiger partial charge in [-0.3, -0.25) is 4.79 Å². The number of alkyl carbamates (subject to hydrolysis) is 1. The SMILES string of the molecule is C[C@H](c1ccccc1)N1CCC(CC2(NC(=O)OC(C)(C)C)CCC2)C1=O. The van der Waals surface area contributed by atoms with Gasteiger partial charge in [0.05, 0.1) is 6.04 Å². The molecule has 1 N–H and O–H groups in total. The van der Waals surface area contributed by atoms with Crippen molar-refractivity contribution in [3.8, 4) is 0 Å². The molecule has 3 rings (SSSR count). The summed E-state index contributed by atoms with van der Waals surface area (Å²) in [7, 11) is 0. The highest BCUT2D eigenvalue weighted by atomic mass is 16.6. The number of hydrogen-bond donors (Lipinski definition) is 1. The number of carbonyl (C=O) groups excluding carboxylic acids is 2. The number of likely N-dealkylation sites (tertiary alicyclic amines) is 1. The van der Waals surface area contributed by atoms with Crippen LogP contribution >= 0.6 is 0 Å². The van der Waals surface area contributed by atoms with E-state index in [2.05, 4.69) is 24.4 Å². The van der Waals surface area contributed by atoms with Crippen LogP contribution in [0.1, 0.15) is 71.4 Å². The lowest BCUT2D eigenvalue weighted by Gasteiger charge is -2.44. The zero-order valence-electron chi connectivity index (χ0n) is 17.0. The van der Waals surface area contributed by atoms with Gasteiger partial charge in [-0.05, 0) is 65.4 Å². The average molecular weight is 373 g/mol. The van der Waals surface area contributed by atoms with E-state index in [1.807, 2.05) is 43.9 Å². The van der Waals surface area contributed by atoms with Crippen LogP contribution in [0.25, 0.3) is 0 Å². The Balaban J connectivity index is 1.62. The molecular formula is C22H32N2O3. The minimum absolute atomic E-state index is 0.0219. The van der Waals surface area contributed by atoms with E-state index in [-0.39, 0.29) is 29.5 Å². The molecule has 1 aliphatic heterocycles. The third-order valence-corrected chi connectivity index (χ3v) is 5.81. The van der Waals surface area contributed by atoms with Gasteiger partial charge in [0.1, 0.15) is 5.60 Å². The molecule has 27 heavy (non-hydrogen) atoms. The fourth-order valence-electron chi connectivity index (χ4n) is 4.22. The van der Waals surface area contributed by atoms with Crippen molar-refractivity contribution in [2.45, 2.75) is 77.0 Å². The largest absolute Gasteiger partial charge is 0.444 e. The minimum Gasteiger partial charge on any atom is -0.444 e. The number of carbonyl (C=O) groups is 2. The van der Waals surface area contributed by atoms with E-state index in [4.69, 9.17) is 4.74 Å². The Morgan fingerprint density at radius 2 is 1.96 bits per heavy atom. The maximum Gasteiger partial charge on any atom is 0.408 e. The molecule has 5 nitrogen and oxygen atoms in total. The Bertz CT molecular complexity index is 677. The summed E-state index contributed by atoms with van der Waals surface area (Å²) >= 11 is 0. The molecule has 2 amide bonds. The molecule has 1 aromatic carbocycles. The predicted octanol–water partition coefficient (Wildman–Crippen LogP) is 4.43. The summed E-state index contributed by atoms with van der Waals surface area (Å²) in [6.45, 7) is 8.46. The first kappa shape index (κ1) is 19.7. The van der Waals surface area contributed by atoms with Crippen molar-refractivity contribution in [1.29, 1.82) is 0 Å². The van der Waals surface area contributed by atoms with Crippen molar-refractivity contribution in [1.82, 2.24) is 10.2 Å². The molecule has 0 aromatic heterocycles. The van der Waals surface area contributed by atoms with Crippen molar-refractivity contribution >= 4 is 12.0 Å². The first-order valence-electron chi connectivity index (χ1n) is 10.1. The van der Waals surface area contributed by atoms with Gasteiger partial charge in [-0.2, -0.15) is 0 Å². The van der Waals surface area contributed by atoms with E-state index in [1.165, 1.54) is 0 Å². The average Bonchev–Trinajstić information content (AvgIpc) is 2.92. The molecule has 2 aliphatic rings. The second-order valence-electron chi connectivity index (χ2n) is 9.07. The highest BCUT2D eigenvalue weighted by molar-refractivity contribution is 5.81. The van der Waals surface area contributed by atoms with Crippen LogP contribution in [0.2, 0.25) is 0 Å². The van der Waals surface area contributed by atoms with Crippen LogP contribution in [0.15, 0.2) is 30.3 Å². The number of ether oxygens (including phenoxy) is 1. The minimum atomic E-state index is -0.514.